The standard InChI is InChI=1S/C13H19FN2O/c1-13(2,12(15)16)7-8-17-9-10-5-3-4-6-11(10)14/h3-6H,7-9H2,1-2H3,(H3,15,16). The molecule has 1 rings (SSSR count). The molecular weight excluding hydrogens is 219 g/mol. The van der Waals surface area contributed by atoms with Crippen LogP contribution in [-0.2, 0) is 11.3 Å². The van der Waals surface area contributed by atoms with Gasteiger partial charge in [0, 0.05) is 17.6 Å². The van der Waals surface area contributed by atoms with Crippen molar-refractivity contribution in [1.29, 1.82) is 5.41 Å². The minimum atomic E-state index is -0.366. The first-order valence-electron chi connectivity index (χ1n) is 5.59. The average molecular weight is 238 g/mol. The Kier molecular flexibility index (Phi) is 4.63. The van der Waals surface area contributed by atoms with E-state index in [0.29, 0.717) is 18.6 Å². The number of hydrogen-bond acceptors (Lipinski definition) is 2. The van der Waals surface area contributed by atoms with Gasteiger partial charge in [-0.05, 0) is 12.5 Å². The van der Waals surface area contributed by atoms with Crippen molar-refractivity contribution in [3.8, 4) is 0 Å². The molecule has 0 heterocycles. The molecule has 0 bridgehead atoms. The van der Waals surface area contributed by atoms with Gasteiger partial charge in [0.15, 0.2) is 0 Å². The van der Waals surface area contributed by atoms with Crippen LogP contribution in [0.15, 0.2) is 24.3 Å². The topological polar surface area (TPSA) is 59.1 Å². The predicted molar refractivity (Wildman–Crippen MR) is 66.4 cm³/mol. The van der Waals surface area contributed by atoms with Gasteiger partial charge in [0.05, 0.1) is 12.4 Å². The van der Waals surface area contributed by atoms with Crippen LogP contribution in [0.3, 0.4) is 0 Å². The number of halogens is 1. The molecule has 4 heteroatoms. The fourth-order valence-corrected chi connectivity index (χ4v) is 1.26. The van der Waals surface area contributed by atoms with Crippen molar-refractivity contribution >= 4 is 5.84 Å². The Labute approximate surface area is 101 Å². The second-order valence-corrected chi connectivity index (χ2v) is 4.69. The third-order valence-electron chi connectivity index (χ3n) is 2.82. The van der Waals surface area contributed by atoms with Crippen LogP contribution in [0.25, 0.3) is 0 Å². The molecule has 0 saturated heterocycles. The molecule has 3 N–H and O–H groups in total. The number of rotatable bonds is 6. The van der Waals surface area contributed by atoms with Crippen LogP contribution in [0, 0.1) is 16.6 Å². The van der Waals surface area contributed by atoms with Gasteiger partial charge in [-0.2, -0.15) is 0 Å². The van der Waals surface area contributed by atoms with E-state index in [1.807, 2.05) is 13.8 Å². The van der Waals surface area contributed by atoms with Crippen LogP contribution < -0.4 is 5.73 Å². The van der Waals surface area contributed by atoms with Gasteiger partial charge in [0.2, 0.25) is 0 Å². The first kappa shape index (κ1) is 13.6. The Morgan fingerprint density at radius 2 is 2.06 bits per heavy atom. The Bertz CT molecular complexity index is 391. The molecule has 0 spiro atoms. The summed E-state index contributed by atoms with van der Waals surface area (Å²) in [5.41, 5.74) is 5.64. The molecule has 1 aromatic rings. The highest BCUT2D eigenvalue weighted by atomic mass is 19.1. The molecule has 0 aliphatic rings. The number of hydrogen-bond donors (Lipinski definition) is 2. The SMILES string of the molecule is CC(C)(CCOCc1ccccc1F)C(=N)N. The molecule has 0 atom stereocenters. The molecule has 0 radical (unpaired) electrons. The smallest absolute Gasteiger partial charge is 0.128 e. The third-order valence-corrected chi connectivity index (χ3v) is 2.82. The molecular formula is C13H19FN2O. The molecule has 0 saturated carbocycles. The lowest BCUT2D eigenvalue weighted by molar-refractivity contribution is 0.102. The van der Waals surface area contributed by atoms with E-state index < -0.39 is 0 Å². The molecule has 0 aliphatic carbocycles. The molecule has 0 aromatic heterocycles. The first-order chi connectivity index (χ1) is 7.93. The summed E-state index contributed by atoms with van der Waals surface area (Å²) in [4.78, 5) is 0. The van der Waals surface area contributed by atoms with Crippen molar-refractivity contribution < 1.29 is 9.13 Å². The monoisotopic (exact) mass is 238 g/mol. The number of benzene rings is 1. The van der Waals surface area contributed by atoms with Crippen LogP contribution >= 0.6 is 0 Å². The maximum absolute atomic E-state index is 13.2. The lowest BCUT2D eigenvalue weighted by Crippen LogP contribution is -2.31. The van der Waals surface area contributed by atoms with Gasteiger partial charge in [-0.3, -0.25) is 5.41 Å². The van der Waals surface area contributed by atoms with Crippen molar-refractivity contribution in [2.24, 2.45) is 11.1 Å². The predicted octanol–water partition coefficient (Wildman–Crippen LogP) is 2.69. The van der Waals surface area contributed by atoms with Gasteiger partial charge in [0.1, 0.15) is 5.82 Å². The van der Waals surface area contributed by atoms with Crippen LogP contribution in [0.4, 0.5) is 4.39 Å². The maximum atomic E-state index is 13.2. The maximum Gasteiger partial charge on any atom is 0.128 e. The quantitative estimate of drug-likeness (QED) is 0.455. The summed E-state index contributed by atoms with van der Waals surface area (Å²) < 4.78 is 18.6. The van der Waals surface area contributed by atoms with E-state index >= 15 is 0 Å². The zero-order valence-electron chi connectivity index (χ0n) is 10.3. The van der Waals surface area contributed by atoms with E-state index in [4.69, 9.17) is 15.9 Å². The van der Waals surface area contributed by atoms with E-state index in [9.17, 15) is 4.39 Å². The molecule has 94 valence electrons. The molecule has 3 nitrogen and oxygen atoms in total. The second kappa shape index (κ2) is 5.77. The highest BCUT2D eigenvalue weighted by Crippen LogP contribution is 2.19. The molecule has 0 unspecified atom stereocenters. The van der Waals surface area contributed by atoms with Crippen LogP contribution in [0.1, 0.15) is 25.8 Å². The zero-order valence-corrected chi connectivity index (χ0v) is 10.3. The number of nitrogens with one attached hydrogen (secondary N) is 1. The van der Waals surface area contributed by atoms with Crippen molar-refractivity contribution in [2.75, 3.05) is 6.61 Å². The van der Waals surface area contributed by atoms with Crippen LogP contribution in [-0.4, -0.2) is 12.4 Å². The van der Waals surface area contributed by atoms with Gasteiger partial charge >= 0.3 is 0 Å². The number of ether oxygens (including phenoxy) is 1. The fourth-order valence-electron chi connectivity index (χ4n) is 1.26. The van der Waals surface area contributed by atoms with E-state index in [-0.39, 0.29) is 23.7 Å². The number of nitrogens with two attached hydrogens (primary N) is 1. The number of amidine groups is 1. The normalized spacial score (nSPS) is 11.5. The van der Waals surface area contributed by atoms with Crippen LogP contribution in [0.5, 0.6) is 0 Å². The molecule has 17 heavy (non-hydrogen) atoms. The summed E-state index contributed by atoms with van der Waals surface area (Å²) >= 11 is 0. The minimum absolute atomic E-state index is 0.145. The van der Waals surface area contributed by atoms with E-state index in [0.717, 1.165) is 0 Å². The highest BCUT2D eigenvalue weighted by molar-refractivity contribution is 5.82. The minimum Gasteiger partial charge on any atom is -0.387 e. The summed E-state index contributed by atoms with van der Waals surface area (Å²) in [6, 6.07) is 6.54. The Balaban J connectivity index is 2.35. The lowest BCUT2D eigenvalue weighted by atomic mass is 9.88. The Morgan fingerprint density at radius 1 is 1.41 bits per heavy atom. The summed E-state index contributed by atoms with van der Waals surface area (Å²) in [7, 11) is 0. The highest BCUT2D eigenvalue weighted by Gasteiger charge is 2.20. The van der Waals surface area contributed by atoms with Crippen molar-refractivity contribution in [3.63, 3.8) is 0 Å². The van der Waals surface area contributed by atoms with Gasteiger partial charge in [-0.15, -0.1) is 0 Å². The van der Waals surface area contributed by atoms with Gasteiger partial charge in [-0.1, -0.05) is 32.0 Å². The molecule has 0 amide bonds. The second-order valence-electron chi connectivity index (χ2n) is 4.69. The Morgan fingerprint density at radius 3 is 2.65 bits per heavy atom. The van der Waals surface area contributed by atoms with Crippen molar-refractivity contribution in [1.82, 2.24) is 0 Å². The van der Waals surface area contributed by atoms with Gasteiger partial charge in [-0.25, -0.2) is 4.39 Å². The zero-order chi connectivity index (χ0) is 12.9. The van der Waals surface area contributed by atoms with E-state index in [1.54, 1.807) is 18.2 Å². The van der Waals surface area contributed by atoms with Crippen LogP contribution in [0.2, 0.25) is 0 Å². The lowest BCUT2D eigenvalue weighted by Gasteiger charge is -2.22. The van der Waals surface area contributed by atoms with Gasteiger partial charge in [0.25, 0.3) is 0 Å². The summed E-state index contributed by atoms with van der Waals surface area (Å²) in [5, 5.41) is 7.39. The van der Waals surface area contributed by atoms with Crippen molar-refractivity contribution in [2.45, 2.75) is 26.9 Å². The largest absolute Gasteiger partial charge is 0.387 e. The van der Waals surface area contributed by atoms with Crippen molar-refractivity contribution in [3.05, 3.63) is 35.6 Å². The van der Waals surface area contributed by atoms with E-state index in [1.165, 1.54) is 6.07 Å². The third kappa shape index (κ3) is 4.15. The van der Waals surface area contributed by atoms with E-state index in [2.05, 4.69) is 0 Å². The van der Waals surface area contributed by atoms with Gasteiger partial charge < -0.3 is 10.5 Å². The first-order valence-corrected chi connectivity index (χ1v) is 5.59. The molecule has 1 aromatic carbocycles. The summed E-state index contributed by atoms with van der Waals surface area (Å²) in [5.74, 6) is -0.106. The molecule has 0 aliphatic heterocycles. The average Bonchev–Trinajstić information content (AvgIpc) is 2.26. The summed E-state index contributed by atoms with van der Waals surface area (Å²) in [6.07, 6.45) is 0.650. The summed E-state index contributed by atoms with van der Waals surface area (Å²) in [6.45, 7) is 4.49. The molecule has 0 fully saturated rings. The Hall–Kier alpha value is -1.42. The fraction of sp³-hybridized carbons (Fsp3) is 0.462.